The van der Waals surface area contributed by atoms with Crippen molar-refractivity contribution in [2.75, 3.05) is 19.0 Å². The lowest BCUT2D eigenvalue weighted by Gasteiger charge is -2.35. The van der Waals surface area contributed by atoms with E-state index in [1.807, 2.05) is 6.92 Å². The molecular weight excluding hydrogens is 488 g/mol. The van der Waals surface area contributed by atoms with Crippen LogP contribution in [0.1, 0.15) is 83.6 Å². The maximum Gasteiger partial charge on any atom is 0.319 e. The van der Waals surface area contributed by atoms with Gasteiger partial charge in [-0.15, -0.1) is 0 Å². The third kappa shape index (κ3) is 7.46. The number of ether oxygens (including phenoxy) is 5. The van der Waals surface area contributed by atoms with Crippen LogP contribution in [0.25, 0.3) is 0 Å². The highest BCUT2D eigenvalue weighted by molar-refractivity contribution is 5.89. The van der Waals surface area contributed by atoms with Gasteiger partial charge in [0.15, 0.2) is 12.1 Å². The largest absolute Gasteiger partial charge is 0.469 e. The molecule has 2 N–H and O–H groups in total. The van der Waals surface area contributed by atoms with E-state index in [4.69, 9.17) is 23.7 Å². The summed E-state index contributed by atoms with van der Waals surface area (Å²) in [5.41, 5.74) is 1.44. The molecule has 5 atom stereocenters. The van der Waals surface area contributed by atoms with Crippen LogP contribution >= 0.6 is 0 Å². The van der Waals surface area contributed by atoms with Crippen LogP contribution in [-0.2, 0) is 34.9 Å². The van der Waals surface area contributed by atoms with Crippen LogP contribution in [0.15, 0.2) is 24.3 Å². The van der Waals surface area contributed by atoms with Crippen molar-refractivity contribution in [1.82, 2.24) is 5.32 Å². The Morgan fingerprint density at radius 1 is 1.05 bits per heavy atom. The number of urea groups is 1. The van der Waals surface area contributed by atoms with Gasteiger partial charge < -0.3 is 34.3 Å². The van der Waals surface area contributed by atoms with Crippen LogP contribution in [0.5, 0.6) is 0 Å². The number of fused-ring (bicyclic) bond motifs is 1. The molecule has 1 aromatic rings. The number of esters is 1. The molecule has 2 heterocycles. The Kier molecular flexibility index (Phi) is 10.4. The number of hydrogen-bond donors (Lipinski definition) is 2. The molecule has 0 radical (unpaired) electrons. The lowest BCUT2D eigenvalue weighted by Crippen LogP contribution is -2.50. The Bertz CT molecular complexity index is 903. The van der Waals surface area contributed by atoms with E-state index in [0.717, 1.165) is 44.1 Å². The molecule has 0 aromatic heterocycles. The second-order valence-electron chi connectivity index (χ2n) is 10.7. The molecule has 212 valence electrons. The third-order valence-electron chi connectivity index (χ3n) is 7.70. The molecule has 1 spiro atoms. The van der Waals surface area contributed by atoms with Gasteiger partial charge in [0.1, 0.15) is 18.3 Å². The minimum absolute atomic E-state index is 0.187. The summed E-state index contributed by atoms with van der Waals surface area (Å²) in [5.74, 6) is -0.867. The molecule has 2 saturated heterocycles. The van der Waals surface area contributed by atoms with Crippen molar-refractivity contribution >= 4 is 17.7 Å². The molecule has 3 fully saturated rings. The quantitative estimate of drug-likeness (QED) is 0.286. The molecule has 3 aliphatic rings. The first-order valence-electron chi connectivity index (χ1n) is 14.3. The van der Waals surface area contributed by atoms with Crippen molar-refractivity contribution in [2.45, 2.75) is 121 Å². The van der Waals surface area contributed by atoms with Gasteiger partial charge in [-0.05, 0) is 43.9 Å². The van der Waals surface area contributed by atoms with E-state index in [-0.39, 0.29) is 36.7 Å². The first kappa shape index (κ1) is 28.8. The molecule has 1 aliphatic carbocycles. The highest BCUT2D eigenvalue weighted by Crippen LogP contribution is 2.46. The molecular formula is C29H44N2O7. The van der Waals surface area contributed by atoms with E-state index >= 15 is 0 Å². The zero-order chi connectivity index (χ0) is 27.0. The normalized spacial score (nSPS) is 26.6. The van der Waals surface area contributed by atoms with Gasteiger partial charge in [-0.1, -0.05) is 51.2 Å². The summed E-state index contributed by atoms with van der Waals surface area (Å²) in [6.45, 7) is 4.75. The fraction of sp³-hybridized carbons (Fsp3) is 0.724. The molecule has 0 unspecified atom stereocenters. The predicted octanol–water partition coefficient (Wildman–Crippen LogP) is 5.07. The average molecular weight is 533 g/mol. The van der Waals surface area contributed by atoms with Crippen molar-refractivity contribution < 1.29 is 33.3 Å². The van der Waals surface area contributed by atoms with Crippen molar-refractivity contribution in [1.29, 1.82) is 0 Å². The number of rotatable bonds is 12. The van der Waals surface area contributed by atoms with Gasteiger partial charge in [-0.25, -0.2) is 4.79 Å². The minimum atomic E-state index is -0.560. The fourth-order valence-corrected chi connectivity index (χ4v) is 5.60. The fourth-order valence-electron chi connectivity index (χ4n) is 5.60. The minimum Gasteiger partial charge on any atom is -0.469 e. The Labute approximate surface area is 226 Å². The summed E-state index contributed by atoms with van der Waals surface area (Å²) < 4.78 is 30.3. The molecule has 4 rings (SSSR count). The molecule has 1 aromatic carbocycles. The maximum atomic E-state index is 12.8. The number of nitrogens with one attached hydrogen (secondary N) is 2. The Balaban J connectivity index is 1.33. The summed E-state index contributed by atoms with van der Waals surface area (Å²) in [6.07, 6.45) is 9.61. The molecule has 2 amide bonds. The Morgan fingerprint density at radius 2 is 1.79 bits per heavy atom. The third-order valence-corrected chi connectivity index (χ3v) is 7.70. The summed E-state index contributed by atoms with van der Waals surface area (Å²) in [7, 11) is 1.36. The van der Waals surface area contributed by atoms with Gasteiger partial charge in [0.05, 0.1) is 19.6 Å². The van der Waals surface area contributed by atoms with Crippen LogP contribution in [-0.4, -0.2) is 62.1 Å². The van der Waals surface area contributed by atoms with Crippen LogP contribution in [0.4, 0.5) is 10.5 Å². The number of carbonyl (C=O) groups is 2. The van der Waals surface area contributed by atoms with E-state index in [1.165, 1.54) is 32.8 Å². The van der Waals surface area contributed by atoms with E-state index in [9.17, 15) is 9.59 Å². The number of carbonyl (C=O) groups excluding carboxylic acids is 2. The second-order valence-corrected chi connectivity index (χ2v) is 10.7. The number of amides is 2. The molecule has 0 bridgehead atoms. The standard InChI is InChI=1S/C29H44N2O7/c1-4-5-6-7-11-18-35-25-24(36-27-26(25)37-29(38-27)16-9-8-10-17-29)20(2)30-28(33)31-22-14-12-21(13-15-22)19-23(32)34-3/h12-15,20,24-27H,4-11,16-19H2,1-3H3,(H2,30,31,33)/t20-,24+,25-,26+,27+/m0/s1. The molecule has 9 nitrogen and oxygen atoms in total. The highest BCUT2D eigenvalue weighted by Gasteiger charge is 2.59. The van der Waals surface area contributed by atoms with Crippen LogP contribution in [0, 0.1) is 0 Å². The van der Waals surface area contributed by atoms with Crippen LogP contribution in [0.2, 0.25) is 0 Å². The smallest absolute Gasteiger partial charge is 0.319 e. The molecule has 2 aliphatic heterocycles. The topological polar surface area (TPSA) is 104 Å². The summed E-state index contributed by atoms with van der Waals surface area (Å²) in [5, 5.41) is 5.84. The Hall–Kier alpha value is -2.20. The maximum absolute atomic E-state index is 12.8. The van der Waals surface area contributed by atoms with E-state index in [0.29, 0.717) is 12.3 Å². The van der Waals surface area contributed by atoms with Crippen molar-refractivity contribution in [3.63, 3.8) is 0 Å². The number of hydrogen-bond acceptors (Lipinski definition) is 7. The van der Waals surface area contributed by atoms with Crippen molar-refractivity contribution in [3.8, 4) is 0 Å². The SMILES string of the molecule is CCCCCCCO[C@@H]1[C@H]2OC3(CCCCC3)O[C@H]2O[C@@H]1[C@H](C)NC(=O)Nc1ccc(CC(=O)OC)cc1. The van der Waals surface area contributed by atoms with Crippen LogP contribution < -0.4 is 10.6 Å². The second kappa shape index (κ2) is 13.7. The van der Waals surface area contributed by atoms with Gasteiger partial charge >= 0.3 is 12.0 Å². The zero-order valence-corrected chi connectivity index (χ0v) is 23.0. The van der Waals surface area contributed by atoms with Gasteiger partial charge in [-0.2, -0.15) is 0 Å². The number of unbranched alkanes of at least 4 members (excludes halogenated alkanes) is 4. The zero-order valence-electron chi connectivity index (χ0n) is 23.0. The van der Waals surface area contributed by atoms with E-state index < -0.39 is 18.2 Å². The lowest BCUT2D eigenvalue weighted by atomic mass is 9.94. The van der Waals surface area contributed by atoms with Gasteiger partial charge in [0, 0.05) is 25.1 Å². The number of benzene rings is 1. The van der Waals surface area contributed by atoms with Gasteiger partial charge in [-0.3, -0.25) is 4.79 Å². The van der Waals surface area contributed by atoms with Crippen LogP contribution in [0.3, 0.4) is 0 Å². The number of anilines is 1. The predicted molar refractivity (Wildman–Crippen MR) is 143 cm³/mol. The van der Waals surface area contributed by atoms with Gasteiger partial charge in [0.2, 0.25) is 0 Å². The van der Waals surface area contributed by atoms with E-state index in [2.05, 4.69) is 17.6 Å². The first-order chi connectivity index (χ1) is 18.4. The van der Waals surface area contributed by atoms with E-state index in [1.54, 1.807) is 24.3 Å². The molecule has 1 saturated carbocycles. The lowest BCUT2D eigenvalue weighted by molar-refractivity contribution is -0.250. The number of methoxy groups -OCH3 is 1. The monoisotopic (exact) mass is 532 g/mol. The van der Waals surface area contributed by atoms with Crippen molar-refractivity contribution in [2.24, 2.45) is 0 Å². The van der Waals surface area contributed by atoms with Crippen molar-refractivity contribution in [3.05, 3.63) is 29.8 Å². The molecule has 9 heteroatoms. The molecule has 38 heavy (non-hydrogen) atoms. The summed E-state index contributed by atoms with van der Waals surface area (Å²) in [6, 6.07) is 6.42. The first-order valence-corrected chi connectivity index (χ1v) is 14.3. The average Bonchev–Trinajstić information content (AvgIpc) is 3.41. The van der Waals surface area contributed by atoms with Gasteiger partial charge in [0.25, 0.3) is 0 Å². The summed E-state index contributed by atoms with van der Waals surface area (Å²) in [4.78, 5) is 24.3. The summed E-state index contributed by atoms with van der Waals surface area (Å²) >= 11 is 0. The highest BCUT2D eigenvalue weighted by atomic mass is 16.8. The Morgan fingerprint density at radius 3 is 2.50 bits per heavy atom.